The molecule has 0 amide bonds. The molecule has 0 aromatic heterocycles. The lowest BCUT2D eigenvalue weighted by Crippen LogP contribution is -2.27. The van der Waals surface area contributed by atoms with Crippen molar-refractivity contribution in [2.75, 3.05) is 20.2 Å². The van der Waals surface area contributed by atoms with Gasteiger partial charge in [0.15, 0.2) is 0 Å². The van der Waals surface area contributed by atoms with Crippen LogP contribution in [0.25, 0.3) is 0 Å². The molecule has 0 heterocycles. The van der Waals surface area contributed by atoms with E-state index in [1.54, 1.807) is 19.1 Å². The fourth-order valence-corrected chi connectivity index (χ4v) is 1.89. The predicted octanol–water partition coefficient (Wildman–Crippen LogP) is 2.99. The summed E-state index contributed by atoms with van der Waals surface area (Å²) in [6.07, 6.45) is 0. The number of esters is 1. The number of nitrogens with zero attached hydrogens (tertiary/aromatic N) is 1. The fraction of sp³-hybridized carbons (Fsp3) is 0.417. The molecule has 0 atom stereocenters. The van der Waals surface area contributed by atoms with Crippen molar-refractivity contribution < 1.29 is 9.53 Å². The van der Waals surface area contributed by atoms with Crippen molar-refractivity contribution in [2.24, 2.45) is 0 Å². The maximum absolute atomic E-state index is 11.3. The molecule has 1 aromatic carbocycles. The SMILES string of the molecule is CCOC(=O)CN(C)Cc1ccc(Cl)cc1Cl. The first-order chi connectivity index (χ1) is 8.02. The van der Waals surface area contributed by atoms with Gasteiger partial charge in [-0.3, -0.25) is 9.69 Å². The van der Waals surface area contributed by atoms with Crippen LogP contribution in [0.15, 0.2) is 18.2 Å². The van der Waals surface area contributed by atoms with Crippen molar-refractivity contribution >= 4 is 29.2 Å². The van der Waals surface area contributed by atoms with Gasteiger partial charge in [-0.1, -0.05) is 29.3 Å². The van der Waals surface area contributed by atoms with Gasteiger partial charge >= 0.3 is 5.97 Å². The molecule has 0 fully saturated rings. The normalized spacial score (nSPS) is 10.6. The fourth-order valence-electron chi connectivity index (χ4n) is 1.42. The highest BCUT2D eigenvalue weighted by Gasteiger charge is 2.09. The Bertz CT molecular complexity index is 396. The average molecular weight is 276 g/mol. The largest absolute Gasteiger partial charge is 0.465 e. The number of halogens is 2. The molecule has 0 saturated heterocycles. The first-order valence-corrected chi connectivity index (χ1v) is 6.06. The van der Waals surface area contributed by atoms with E-state index in [1.807, 2.05) is 18.0 Å². The minimum Gasteiger partial charge on any atom is -0.465 e. The molecule has 0 aliphatic rings. The number of likely N-dealkylation sites (N-methyl/N-ethyl adjacent to an activating group) is 1. The molecule has 94 valence electrons. The van der Waals surface area contributed by atoms with Gasteiger partial charge in [0.05, 0.1) is 13.2 Å². The summed E-state index contributed by atoms with van der Waals surface area (Å²) >= 11 is 11.9. The molecule has 1 rings (SSSR count). The molecule has 0 aliphatic heterocycles. The van der Waals surface area contributed by atoms with Crippen molar-refractivity contribution in [3.63, 3.8) is 0 Å². The monoisotopic (exact) mass is 275 g/mol. The molecule has 0 aliphatic carbocycles. The molecule has 0 bridgehead atoms. The first-order valence-electron chi connectivity index (χ1n) is 5.31. The minimum atomic E-state index is -0.236. The van der Waals surface area contributed by atoms with E-state index >= 15 is 0 Å². The second-order valence-electron chi connectivity index (χ2n) is 3.71. The first kappa shape index (κ1) is 14.3. The smallest absolute Gasteiger partial charge is 0.320 e. The van der Waals surface area contributed by atoms with Gasteiger partial charge in [-0.05, 0) is 31.7 Å². The standard InChI is InChI=1S/C12H15Cl2NO2/c1-3-17-12(16)8-15(2)7-9-4-5-10(13)6-11(9)14/h4-6H,3,7-8H2,1-2H3. The van der Waals surface area contributed by atoms with Crippen molar-refractivity contribution in [1.82, 2.24) is 4.90 Å². The van der Waals surface area contributed by atoms with Crippen LogP contribution in [-0.2, 0) is 16.1 Å². The zero-order chi connectivity index (χ0) is 12.8. The molecule has 0 saturated carbocycles. The van der Waals surface area contributed by atoms with E-state index in [0.717, 1.165) is 5.56 Å². The summed E-state index contributed by atoms with van der Waals surface area (Å²) in [5, 5.41) is 1.21. The van der Waals surface area contributed by atoms with Gasteiger partial charge in [0, 0.05) is 16.6 Å². The molecule has 3 nitrogen and oxygen atoms in total. The van der Waals surface area contributed by atoms with Crippen LogP contribution in [0.2, 0.25) is 10.0 Å². The Kier molecular flexibility index (Phi) is 5.75. The van der Waals surface area contributed by atoms with E-state index in [-0.39, 0.29) is 12.5 Å². The van der Waals surface area contributed by atoms with Gasteiger partial charge < -0.3 is 4.74 Å². The molecule has 0 unspecified atom stereocenters. The molecule has 5 heteroatoms. The van der Waals surface area contributed by atoms with E-state index in [0.29, 0.717) is 23.2 Å². The lowest BCUT2D eigenvalue weighted by atomic mass is 10.2. The van der Waals surface area contributed by atoms with Crippen LogP contribution in [0, 0.1) is 0 Å². The third kappa shape index (κ3) is 4.94. The Morgan fingerprint density at radius 1 is 1.41 bits per heavy atom. The van der Waals surface area contributed by atoms with Crippen molar-refractivity contribution in [3.05, 3.63) is 33.8 Å². The van der Waals surface area contributed by atoms with Gasteiger partial charge in [0.25, 0.3) is 0 Å². The number of carbonyl (C=O) groups is 1. The van der Waals surface area contributed by atoms with Crippen LogP contribution in [0.5, 0.6) is 0 Å². The maximum Gasteiger partial charge on any atom is 0.320 e. The molecular weight excluding hydrogens is 261 g/mol. The summed E-state index contributed by atoms with van der Waals surface area (Å²) in [5.41, 5.74) is 0.933. The van der Waals surface area contributed by atoms with Crippen LogP contribution < -0.4 is 0 Å². The topological polar surface area (TPSA) is 29.5 Å². The Morgan fingerprint density at radius 2 is 2.12 bits per heavy atom. The highest BCUT2D eigenvalue weighted by atomic mass is 35.5. The summed E-state index contributed by atoms with van der Waals surface area (Å²) in [6, 6.07) is 5.32. The summed E-state index contributed by atoms with van der Waals surface area (Å²) in [4.78, 5) is 13.1. The Morgan fingerprint density at radius 3 is 2.71 bits per heavy atom. The number of hydrogen-bond acceptors (Lipinski definition) is 3. The molecular formula is C12H15Cl2NO2. The van der Waals surface area contributed by atoms with E-state index in [2.05, 4.69) is 0 Å². The molecule has 1 aromatic rings. The van der Waals surface area contributed by atoms with E-state index in [9.17, 15) is 4.79 Å². The van der Waals surface area contributed by atoms with Crippen molar-refractivity contribution in [1.29, 1.82) is 0 Å². The number of carbonyl (C=O) groups excluding carboxylic acids is 1. The average Bonchev–Trinajstić information content (AvgIpc) is 2.22. The van der Waals surface area contributed by atoms with Crippen LogP contribution >= 0.6 is 23.2 Å². The van der Waals surface area contributed by atoms with Crippen LogP contribution in [0.1, 0.15) is 12.5 Å². The molecule has 0 radical (unpaired) electrons. The zero-order valence-electron chi connectivity index (χ0n) is 9.87. The summed E-state index contributed by atoms with van der Waals surface area (Å²) in [5.74, 6) is -0.236. The summed E-state index contributed by atoms with van der Waals surface area (Å²) < 4.78 is 4.86. The second kappa shape index (κ2) is 6.84. The van der Waals surface area contributed by atoms with Crippen LogP contribution in [-0.4, -0.2) is 31.1 Å². The number of rotatable bonds is 5. The van der Waals surface area contributed by atoms with Crippen LogP contribution in [0.3, 0.4) is 0 Å². The van der Waals surface area contributed by atoms with E-state index in [4.69, 9.17) is 27.9 Å². The minimum absolute atomic E-state index is 0.236. The summed E-state index contributed by atoms with van der Waals surface area (Å²) in [7, 11) is 1.84. The Balaban J connectivity index is 2.55. The van der Waals surface area contributed by atoms with Gasteiger partial charge in [-0.25, -0.2) is 0 Å². The molecule has 17 heavy (non-hydrogen) atoms. The van der Waals surface area contributed by atoms with Crippen molar-refractivity contribution in [2.45, 2.75) is 13.5 Å². The zero-order valence-corrected chi connectivity index (χ0v) is 11.4. The van der Waals surface area contributed by atoms with Gasteiger partial charge in [0.1, 0.15) is 0 Å². The lowest BCUT2D eigenvalue weighted by molar-refractivity contribution is -0.144. The molecule has 0 N–H and O–H groups in total. The highest BCUT2D eigenvalue weighted by molar-refractivity contribution is 6.35. The number of ether oxygens (including phenoxy) is 1. The Labute approximate surface area is 111 Å². The number of benzene rings is 1. The third-order valence-corrected chi connectivity index (χ3v) is 2.75. The van der Waals surface area contributed by atoms with Gasteiger partial charge in [-0.2, -0.15) is 0 Å². The highest BCUT2D eigenvalue weighted by Crippen LogP contribution is 2.21. The molecule has 0 spiro atoms. The quantitative estimate of drug-likeness (QED) is 0.774. The van der Waals surface area contributed by atoms with Gasteiger partial charge in [-0.15, -0.1) is 0 Å². The lowest BCUT2D eigenvalue weighted by Gasteiger charge is -2.16. The number of hydrogen-bond donors (Lipinski definition) is 0. The maximum atomic E-state index is 11.3. The summed E-state index contributed by atoms with van der Waals surface area (Å²) in [6.45, 7) is 3.00. The second-order valence-corrected chi connectivity index (χ2v) is 4.56. The predicted molar refractivity (Wildman–Crippen MR) is 69.4 cm³/mol. The van der Waals surface area contributed by atoms with Gasteiger partial charge in [0.2, 0.25) is 0 Å². The van der Waals surface area contributed by atoms with E-state index < -0.39 is 0 Å². The Hall–Kier alpha value is -0.770. The third-order valence-electron chi connectivity index (χ3n) is 2.16. The van der Waals surface area contributed by atoms with Crippen LogP contribution in [0.4, 0.5) is 0 Å². The van der Waals surface area contributed by atoms with E-state index in [1.165, 1.54) is 0 Å². The van der Waals surface area contributed by atoms with Crippen molar-refractivity contribution in [3.8, 4) is 0 Å².